The predicted octanol–water partition coefficient (Wildman–Crippen LogP) is 2.16. The van der Waals surface area contributed by atoms with E-state index in [1.54, 1.807) is 20.8 Å². The van der Waals surface area contributed by atoms with E-state index in [0.29, 0.717) is 12.8 Å². The topological polar surface area (TPSA) is 137 Å². The molecule has 0 aromatic heterocycles. The summed E-state index contributed by atoms with van der Waals surface area (Å²) in [4.78, 5) is 50.8. The van der Waals surface area contributed by atoms with Gasteiger partial charge in [0.2, 0.25) is 11.8 Å². The molecule has 1 aromatic rings. The third-order valence-corrected chi connectivity index (χ3v) is 5.96. The number of rotatable bonds is 10. The van der Waals surface area contributed by atoms with Crippen molar-refractivity contribution in [2.24, 2.45) is 5.73 Å². The molecular weight excluding hydrogens is 450 g/mol. The summed E-state index contributed by atoms with van der Waals surface area (Å²) in [7, 11) is 1.21. The van der Waals surface area contributed by atoms with Crippen molar-refractivity contribution in [2.45, 2.75) is 95.4 Å². The minimum Gasteiger partial charge on any atom is -0.467 e. The van der Waals surface area contributed by atoms with E-state index in [0.717, 1.165) is 24.8 Å². The third kappa shape index (κ3) is 9.32. The molecule has 0 heterocycles. The number of nitrogens with one attached hydrogen (secondary N) is 2. The van der Waals surface area contributed by atoms with Crippen LogP contribution < -0.4 is 16.4 Å². The molecule has 9 nitrogen and oxygen atoms in total. The Morgan fingerprint density at radius 1 is 1.00 bits per heavy atom. The molecule has 0 spiro atoms. The van der Waals surface area contributed by atoms with Crippen molar-refractivity contribution in [1.29, 1.82) is 0 Å². The molecule has 0 saturated heterocycles. The van der Waals surface area contributed by atoms with Crippen LogP contribution in [-0.2, 0) is 35.1 Å². The van der Waals surface area contributed by atoms with E-state index in [-0.39, 0.29) is 25.2 Å². The van der Waals surface area contributed by atoms with Crippen molar-refractivity contribution in [3.05, 3.63) is 35.9 Å². The molecule has 9 heteroatoms. The fraction of sp³-hybridized carbons (Fsp3) is 0.615. The molecule has 2 atom stereocenters. The van der Waals surface area contributed by atoms with E-state index in [4.69, 9.17) is 15.2 Å². The number of ether oxygens (including phenoxy) is 2. The Balaban J connectivity index is 2.14. The molecule has 194 valence electrons. The quantitative estimate of drug-likeness (QED) is 0.428. The van der Waals surface area contributed by atoms with Gasteiger partial charge in [0.15, 0.2) is 0 Å². The second-order valence-electron chi connectivity index (χ2n) is 10.1. The van der Waals surface area contributed by atoms with Gasteiger partial charge in [-0.3, -0.25) is 14.4 Å². The molecule has 0 bridgehead atoms. The summed E-state index contributed by atoms with van der Waals surface area (Å²) in [5.41, 5.74) is 5.53. The van der Waals surface area contributed by atoms with Crippen molar-refractivity contribution >= 4 is 23.8 Å². The Labute approximate surface area is 207 Å². The first-order valence-corrected chi connectivity index (χ1v) is 12.2. The molecule has 0 aliphatic heterocycles. The van der Waals surface area contributed by atoms with E-state index in [1.165, 1.54) is 7.11 Å². The minimum absolute atomic E-state index is 0.000155. The normalized spacial score (nSPS) is 16.9. The number of methoxy groups -OCH3 is 1. The number of nitrogens with two attached hydrogens (primary N) is 1. The molecule has 1 aliphatic carbocycles. The smallest absolute Gasteiger partial charge is 0.328 e. The molecule has 1 saturated carbocycles. The standard InChI is InChI=1S/C26H39N3O6/c1-25(2,3)35-21(30)14-13-19(23(32)34-4)28-22(31)20(17-18-11-7-5-8-12-18)29-24(33)26(27)15-9-6-10-16-26/h5,7-8,11-12,19-20H,6,9-10,13-17,27H2,1-4H3,(H,28,31)(H,29,33)/t19-,20-/m0/s1. The summed E-state index contributed by atoms with van der Waals surface area (Å²) < 4.78 is 10.1. The lowest BCUT2D eigenvalue weighted by Crippen LogP contribution is -2.60. The first kappa shape index (κ1) is 28.3. The highest BCUT2D eigenvalue weighted by atomic mass is 16.6. The third-order valence-electron chi connectivity index (χ3n) is 5.96. The lowest BCUT2D eigenvalue weighted by Gasteiger charge is -2.33. The van der Waals surface area contributed by atoms with Gasteiger partial charge in [0.25, 0.3) is 0 Å². The molecule has 4 N–H and O–H groups in total. The molecule has 2 rings (SSSR count). The zero-order valence-electron chi connectivity index (χ0n) is 21.2. The average molecular weight is 490 g/mol. The van der Waals surface area contributed by atoms with E-state index < -0.39 is 41.1 Å². The molecule has 1 aromatic carbocycles. The van der Waals surface area contributed by atoms with Crippen molar-refractivity contribution in [2.75, 3.05) is 7.11 Å². The van der Waals surface area contributed by atoms with E-state index >= 15 is 0 Å². The second kappa shape index (κ2) is 12.7. The summed E-state index contributed by atoms with van der Waals surface area (Å²) >= 11 is 0. The van der Waals surface area contributed by atoms with Crippen LogP contribution in [0.5, 0.6) is 0 Å². The summed E-state index contributed by atoms with van der Waals surface area (Å²) in [6.45, 7) is 5.24. The van der Waals surface area contributed by atoms with E-state index in [1.807, 2.05) is 30.3 Å². The Hall–Kier alpha value is -2.94. The maximum atomic E-state index is 13.3. The van der Waals surface area contributed by atoms with Crippen molar-refractivity contribution in [1.82, 2.24) is 10.6 Å². The molecule has 2 amide bonds. The minimum atomic E-state index is -1.07. The van der Waals surface area contributed by atoms with Crippen LogP contribution in [0.2, 0.25) is 0 Å². The summed E-state index contributed by atoms with van der Waals surface area (Å²) in [5.74, 6) is -2.11. The SMILES string of the molecule is COC(=O)[C@H](CCC(=O)OC(C)(C)C)NC(=O)[C@H](Cc1ccccc1)NC(=O)C1(N)CCCCC1. The zero-order chi connectivity index (χ0) is 26.1. The van der Waals surface area contributed by atoms with Crippen LogP contribution in [0.25, 0.3) is 0 Å². The average Bonchev–Trinajstić information content (AvgIpc) is 2.80. The van der Waals surface area contributed by atoms with Crippen LogP contribution >= 0.6 is 0 Å². The number of carbonyl (C=O) groups is 4. The van der Waals surface area contributed by atoms with Gasteiger partial charge in [-0.05, 0) is 45.6 Å². The van der Waals surface area contributed by atoms with Crippen LogP contribution in [0.3, 0.4) is 0 Å². The van der Waals surface area contributed by atoms with Gasteiger partial charge >= 0.3 is 11.9 Å². The molecular formula is C26H39N3O6. The number of carbonyl (C=O) groups excluding carboxylic acids is 4. The fourth-order valence-electron chi connectivity index (χ4n) is 4.09. The molecule has 1 fully saturated rings. The Bertz CT molecular complexity index is 875. The highest BCUT2D eigenvalue weighted by Crippen LogP contribution is 2.26. The van der Waals surface area contributed by atoms with Gasteiger partial charge in [-0.25, -0.2) is 4.79 Å². The number of amides is 2. The molecule has 35 heavy (non-hydrogen) atoms. The van der Waals surface area contributed by atoms with Crippen LogP contribution in [0.4, 0.5) is 0 Å². The lowest BCUT2D eigenvalue weighted by atomic mass is 9.81. The monoisotopic (exact) mass is 489 g/mol. The van der Waals surface area contributed by atoms with Crippen molar-refractivity contribution in [3.8, 4) is 0 Å². The Morgan fingerprint density at radius 3 is 2.20 bits per heavy atom. The number of hydrogen-bond donors (Lipinski definition) is 3. The Morgan fingerprint density at radius 2 is 1.63 bits per heavy atom. The summed E-state index contributed by atoms with van der Waals surface area (Å²) in [5, 5.41) is 5.46. The van der Waals surface area contributed by atoms with Crippen LogP contribution in [0.15, 0.2) is 30.3 Å². The van der Waals surface area contributed by atoms with Gasteiger partial charge in [-0.15, -0.1) is 0 Å². The van der Waals surface area contributed by atoms with Crippen molar-refractivity contribution < 1.29 is 28.7 Å². The fourth-order valence-corrected chi connectivity index (χ4v) is 4.09. The predicted molar refractivity (Wildman–Crippen MR) is 131 cm³/mol. The van der Waals surface area contributed by atoms with Crippen LogP contribution in [-0.4, -0.2) is 54.1 Å². The molecule has 0 radical (unpaired) electrons. The summed E-state index contributed by atoms with van der Waals surface area (Å²) in [6.07, 6.45) is 3.98. The van der Waals surface area contributed by atoms with Gasteiger partial charge in [0, 0.05) is 12.8 Å². The Kier molecular flexibility index (Phi) is 10.2. The molecule has 0 unspecified atom stereocenters. The maximum Gasteiger partial charge on any atom is 0.328 e. The first-order valence-electron chi connectivity index (χ1n) is 12.2. The lowest BCUT2D eigenvalue weighted by molar-refractivity contribution is -0.155. The first-order chi connectivity index (χ1) is 16.4. The van der Waals surface area contributed by atoms with Gasteiger partial charge in [0.05, 0.1) is 12.6 Å². The zero-order valence-corrected chi connectivity index (χ0v) is 21.2. The van der Waals surface area contributed by atoms with Crippen LogP contribution in [0, 0.1) is 0 Å². The highest BCUT2D eigenvalue weighted by molar-refractivity contribution is 5.94. The van der Waals surface area contributed by atoms with Gasteiger partial charge in [-0.1, -0.05) is 49.6 Å². The number of esters is 2. The number of benzene rings is 1. The van der Waals surface area contributed by atoms with E-state index in [2.05, 4.69) is 10.6 Å². The van der Waals surface area contributed by atoms with Gasteiger partial charge in [-0.2, -0.15) is 0 Å². The summed E-state index contributed by atoms with van der Waals surface area (Å²) in [6, 6.07) is 7.22. The van der Waals surface area contributed by atoms with Gasteiger partial charge < -0.3 is 25.8 Å². The van der Waals surface area contributed by atoms with Crippen molar-refractivity contribution in [3.63, 3.8) is 0 Å². The van der Waals surface area contributed by atoms with Gasteiger partial charge in [0.1, 0.15) is 17.7 Å². The van der Waals surface area contributed by atoms with E-state index in [9.17, 15) is 19.2 Å². The second-order valence-corrected chi connectivity index (χ2v) is 10.1. The maximum absolute atomic E-state index is 13.3. The van der Waals surface area contributed by atoms with Crippen LogP contribution in [0.1, 0.15) is 71.3 Å². The molecule has 1 aliphatic rings. The largest absolute Gasteiger partial charge is 0.467 e. The highest BCUT2D eigenvalue weighted by Gasteiger charge is 2.38. The number of hydrogen-bond acceptors (Lipinski definition) is 7.